The van der Waals surface area contributed by atoms with E-state index in [4.69, 9.17) is 0 Å². The second kappa shape index (κ2) is 7.66. The minimum absolute atomic E-state index is 0. The molecule has 1 heterocycles. The molecule has 1 N–H and O–H groups in total. The van der Waals surface area contributed by atoms with Crippen molar-refractivity contribution in [1.82, 2.24) is 4.57 Å². The molecule has 0 amide bonds. The van der Waals surface area contributed by atoms with Crippen molar-refractivity contribution in [3.63, 3.8) is 0 Å². The summed E-state index contributed by atoms with van der Waals surface area (Å²) in [6.45, 7) is 1.66. The number of nitrogens with zero attached hydrogens (tertiary/aromatic N) is 2. The van der Waals surface area contributed by atoms with Crippen LogP contribution in [-0.2, 0) is 7.05 Å². The molecule has 3 aromatic rings. The topological polar surface area (TPSA) is 69.5 Å². The molecule has 0 aliphatic heterocycles. The van der Waals surface area contributed by atoms with Gasteiger partial charge in [0.05, 0.1) is 22.5 Å². The summed E-state index contributed by atoms with van der Waals surface area (Å²) in [6.07, 6.45) is 0. The van der Waals surface area contributed by atoms with Crippen LogP contribution in [0.2, 0.25) is 0 Å². The Morgan fingerprint density at radius 1 is 1.08 bits per heavy atom. The smallest absolute Gasteiger partial charge is 0.871 e. The van der Waals surface area contributed by atoms with Crippen molar-refractivity contribution in [1.29, 1.82) is 0 Å². The zero-order chi connectivity index (χ0) is 16.4. The first kappa shape index (κ1) is 18.3. The number of fused-ring (bicyclic) bond motifs is 1. The van der Waals surface area contributed by atoms with Crippen molar-refractivity contribution >= 4 is 22.3 Å². The number of aryl methyl sites for hydroxylation is 1. The van der Waals surface area contributed by atoms with E-state index >= 15 is 0 Å². The van der Waals surface area contributed by atoms with Crippen LogP contribution >= 0.6 is 0 Å². The van der Waals surface area contributed by atoms with Crippen molar-refractivity contribution in [3.8, 4) is 5.75 Å². The normalized spacial score (nSPS) is 11.2. The Kier molecular flexibility index (Phi) is 5.83. The van der Waals surface area contributed by atoms with Gasteiger partial charge in [-0.3, -0.25) is 10.2 Å². The molecule has 2 aromatic carbocycles. The molecule has 0 saturated heterocycles. The van der Waals surface area contributed by atoms with Crippen LogP contribution in [0.1, 0.15) is 12.5 Å². The second-order valence-corrected chi connectivity index (χ2v) is 5.26. The molecule has 0 aliphatic carbocycles. The van der Waals surface area contributed by atoms with E-state index in [-0.39, 0.29) is 46.4 Å². The van der Waals surface area contributed by atoms with Gasteiger partial charge in [0.15, 0.2) is 0 Å². The Bertz CT molecular complexity index is 950. The molecular formula is C18H16N3NaO2. The minimum atomic E-state index is -0.343. The number of benzene rings is 2. The minimum Gasteiger partial charge on any atom is -0.871 e. The maximum Gasteiger partial charge on any atom is 1.00 e. The Morgan fingerprint density at radius 2 is 1.71 bits per heavy atom. The summed E-state index contributed by atoms with van der Waals surface area (Å²) in [4.78, 5) is 12.5. The summed E-state index contributed by atoms with van der Waals surface area (Å²) in [5.74, 6) is -0.292. The summed E-state index contributed by atoms with van der Waals surface area (Å²) >= 11 is 0. The third-order valence-corrected chi connectivity index (χ3v) is 3.74. The van der Waals surface area contributed by atoms with Crippen LogP contribution in [0.15, 0.2) is 64.5 Å². The van der Waals surface area contributed by atoms with Gasteiger partial charge in [0.2, 0.25) is 0 Å². The molecular weight excluding hydrogens is 313 g/mol. The molecule has 6 heteroatoms. The Morgan fingerprint density at radius 3 is 2.42 bits per heavy atom. The zero-order valence-electron chi connectivity index (χ0n) is 13.9. The number of pyridine rings is 1. The van der Waals surface area contributed by atoms with E-state index in [9.17, 15) is 9.90 Å². The van der Waals surface area contributed by atoms with Gasteiger partial charge in [-0.2, -0.15) is 5.10 Å². The fourth-order valence-corrected chi connectivity index (χ4v) is 2.50. The molecule has 3 rings (SSSR count). The van der Waals surface area contributed by atoms with Crippen molar-refractivity contribution in [2.24, 2.45) is 12.1 Å². The first-order chi connectivity index (χ1) is 11.1. The number of aromatic nitrogens is 1. The van der Waals surface area contributed by atoms with Crippen LogP contribution in [-0.4, -0.2) is 10.3 Å². The van der Waals surface area contributed by atoms with Gasteiger partial charge >= 0.3 is 29.6 Å². The van der Waals surface area contributed by atoms with Gasteiger partial charge in [0, 0.05) is 7.05 Å². The Labute approximate surface area is 161 Å². The second-order valence-electron chi connectivity index (χ2n) is 5.26. The average molecular weight is 329 g/mol. The first-order valence-electron chi connectivity index (χ1n) is 7.24. The van der Waals surface area contributed by atoms with Gasteiger partial charge in [0.1, 0.15) is 0 Å². The van der Waals surface area contributed by atoms with Crippen LogP contribution in [0.25, 0.3) is 10.9 Å². The first-order valence-corrected chi connectivity index (χ1v) is 7.24. The van der Waals surface area contributed by atoms with Crippen molar-refractivity contribution in [3.05, 3.63) is 70.5 Å². The van der Waals surface area contributed by atoms with Gasteiger partial charge in [-0.1, -0.05) is 42.1 Å². The van der Waals surface area contributed by atoms with E-state index in [1.54, 1.807) is 38.2 Å². The zero-order valence-corrected chi connectivity index (χ0v) is 15.9. The molecule has 0 fully saturated rings. The molecule has 0 saturated carbocycles. The van der Waals surface area contributed by atoms with Crippen LogP contribution in [0.4, 0.5) is 5.69 Å². The van der Waals surface area contributed by atoms with Crippen molar-refractivity contribution < 1.29 is 34.7 Å². The maximum absolute atomic E-state index is 12.6. The van der Waals surface area contributed by atoms with Crippen molar-refractivity contribution in [2.75, 3.05) is 5.43 Å². The largest absolute Gasteiger partial charge is 1.00 e. The van der Waals surface area contributed by atoms with Crippen LogP contribution in [0, 0.1) is 0 Å². The summed E-state index contributed by atoms with van der Waals surface area (Å²) in [5.41, 5.74) is 4.39. The summed E-state index contributed by atoms with van der Waals surface area (Å²) in [7, 11) is 1.66. The Balaban J connectivity index is 0.00000208. The molecule has 0 spiro atoms. The number of anilines is 1. The fourth-order valence-electron chi connectivity index (χ4n) is 2.50. The monoisotopic (exact) mass is 329 g/mol. The van der Waals surface area contributed by atoms with Gasteiger partial charge in [0.25, 0.3) is 5.56 Å². The number of hydrogen-bond acceptors (Lipinski definition) is 4. The molecule has 24 heavy (non-hydrogen) atoms. The third kappa shape index (κ3) is 3.38. The molecule has 0 atom stereocenters. The molecule has 1 aromatic heterocycles. The van der Waals surface area contributed by atoms with E-state index in [2.05, 4.69) is 10.5 Å². The van der Waals surface area contributed by atoms with E-state index in [1.807, 2.05) is 30.3 Å². The van der Waals surface area contributed by atoms with Gasteiger partial charge in [-0.25, -0.2) is 0 Å². The number of para-hydroxylation sites is 2. The molecule has 5 nitrogen and oxygen atoms in total. The molecule has 0 radical (unpaired) electrons. The average Bonchev–Trinajstić information content (AvgIpc) is 2.59. The molecule has 0 bridgehead atoms. The molecule has 0 aliphatic rings. The quantitative estimate of drug-likeness (QED) is 0.398. The van der Waals surface area contributed by atoms with Gasteiger partial charge in [-0.05, 0) is 30.5 Å². The number of nitrogens with one attached hydrogen (secondary N) is 1. The maximum atomic E-state index is 12.6. The number of hydrogen-bond donors (Lipinski definition) is 1. The number of hydrazone groups is 1. The predicted molar refractivity (Wildman–Crippen MR) is 90.9 cm³/mol. The Hall–Kier alpha value is -2.08. The van der Waals surface area contributed by atoms with Crippen molar-refractivity contribution in [2.45, 2.75) is 6.92 Å². The standard InChI is InChI=1S/C18H17N3O2.Na/c1-12(19-20-13-8-4-3-5-9-13)16-17(22)14-10-6-7-11-15(14)21(2)18(16)23;/h3-11,20,22H,1-2H3;/q;+1/p-1/b19-12+;. The van der Waals surface area contributed by atoms with Gasteiger partial charge in [-0.15, -0.1) is 0 Å². The van der Waals surface area contributed by atoms with Crippen LogP contribution < -0.4 is 45.6 Å². The SMILES string of the molecule is C/C(=N\Nc1ccccc1)c1c([O-])c2ccccc2n(C)c1=O.[Na+]. The van der Waals surface area contributed by atoms with Crippen LogP contribution in [0.3, 0.4) is 0 Å². The van der Waals surface area contributed by atoms with Gasteiger partial charge < -0.3 is 9.67 Å². The molecule has 0 unspecified atom stereocenters. The third-order valence-electron chi connectivity index (χ3n) is 3.74. The molecule has 116 valence electrons. The fraction of sp³-hybridized carbons (Fsp3) is 0.111. The van der Waals surface area contributed by atoms with E-state index in [0.717, 1.165) is 5.69 Å². The summed E-state index contributed by atoms with van der Waals surface area (Å²) in [6, 6.07) is 16.4. The summed E-state index contributed by atoms with van der Waals surface area (Å²) in [5, 5.41) is 17.3. The predicted octanol–water partition coefficient (Wildman–Crippen LogP) is -0.548. The number of rotatable bonds is 3. The van der Waals surface area contributed by atoms with Crippen LogP contribution in [0.5, 0.6) is 5.75 Å². The van der Waals surface area contributed by atoms with E-state index in [1.165, 1.54) is 4.57 Å². The van der Waals surface area contributed by atoms with E-state index in [0.29, 0.717) is 16.6 Å². The summed E-state index contributed by atoms with van der Waals surface area (Å²) < 4.78 is 1.48. The van der Waals surface area contributed by atoms with E-state index < -0.39 is 0 Å².